The summed E-state index contributed by atoms with van der Waals surface area (Å²) in [4.78, 5) is 26.7. The Kier molecular flexibility index (Phi) is 5.81. The number of hydrogen-bond acceptors (Lipinski definition) is 7. The fraction of sp³-hybridized carbons (Fsp3) is 0.333. The molecule has 0 saturated carbocycles. The summed E-state index contributed by atoms with van der Waals surface area (Å²) in [7, 11) is 0. The van der Waals surface area contributed by atoms with E-state index in [1.807, 2.05) is 29.2 Å². The van der Waals surface area contributed by atoms with Crippen molar-refractivity contribution in [2.45, 2.75) is 25.7 Å². The average molecular weight is 444 g/mol. The SMILES string of the molecule is N#Cc1nc(-c2ccco2)oc1N1CCC(C(=O)NCCCc2nc3ccccc3[nH]2)CC1. The Morgan fingerprint density at radius 1 is 1.21 bits per heavy atom. The summed E-state index contributed by atoms with van der Waals surface area (Å²) in [5.41, 5.74) is 2.23. The van der Waals surface area contributed by atoms with Gasteiger partial charge in [-0.3, -0.25) is 4.79 Å². The molecule has 0 atom stereocenters. The molecule has 1 amide bonds. The van der Waals surface area contributed by atoms with Crippen LogP contribution in [0.5, 0.6) is 0 Å². The molecule has 0 radical (unpaired) electrons. The van der Waals surface area contributed by atoms with E-state index in [0.29, 0.717) is 44.1 Å². The predicted octanol–water partition coefficient (Wildman–Crippen LogP) is 3.65. The van der Waals surface area contributed by atoms with Crippen molar-refractivity contribution in [3.8, 4) is 17.7 Å². The van der Waals surface area contributed by atoms with Gasteiger partial charge in [-0.1, -0.05) is 12.1 Å². The molecule has 3 aromatic heterocycles. The molecule has 4 heterocycles. The van der Waals surface area contributed by atoms with Gasteiger partial charge in [0.05, 0.1) is 17.3 Å². The molecule has 33 heavy (non-hydrogen) atoms. The molecule has 5 rings (SSSR count). The van der Waals surface area contributed by atoms with E-state index in [9.17, 15) is 10.1 Å². The number of imidazole rings is 1. The predicted molar refractivity (Wildman–Crippen MR) is 121 cm³/mol. The zero-order chi connectivity index (χ0) is 22.6. The molecule has 1 aliphatic heterocycles. The minimum atomic E-state index is -0.0505. The van der Waals surface area contributed by atoms with Crippen LogP contribution >= 0.6 is 0 Å². The van der Waals surface area contributed by atoms with Crippen LogP contribution in [0.4, 0.5) is 5.88 Å². The van der Waals surface area contributed by atoms with Crippen molar-refractivity contribution in [2.24, 2.45) is 5.92 Å². The summed E-state index contributed by atoms with van der Waals surface area (Å²) in [5, 5.41) is 12.5. The molecule has 0 bridgehead atoms. The number of benzene rings is 1. The van der Waals surface area contributed by atoms with Crippen molar-refractivity contribution in [3.05, 3.63) is 54.2 Å². The highest BCUT2D eigenvalue weighted by molar-refractivity contribution is 5.79. The summed E-state index contributed by atoms with van der Waals surface area (Å²) < 4.78 is 11.1. The van der Waals surface area contributed by atoms with Crippen LogP contribution in [0.15, 0.2) is 51.5 Å². The second-order valence-corrected chi connectivity index (χ2v) is 8.12. The molecule has 4 aromatic rings. The van der Waals surface area contributed by atoms with Gasteiger partial charge in [0.1, 0.15) is 11.9 Å². The number of furan rings is 1. The molecular formula is C24H24N6O3. The number of H-pyrrole nitrogens is 1. The van der Waals surface area contributed by atoms with E-state index in [4.69, 9.17) is 8.83 Å². The first-order valence-corrected chi connectivity index (χ1v) is 11.1. The molecule has 1 fully saturated rings. The van der Waals surface area contributed by atoms with E-state index in [-0.39, 0.29) is 23.4 Å². The highest BCUT2D eigenvalue weighted by Crippen LogP contribution is 2.31. The lowest BCUT2D eigenvalue weighted by molar-refractivity contribution is -0.125. The second kappa shape index (κ2) is 9.20. The van der Waals surface area contributed by atoms with Gasteiger partial charge >= 0.3 is 0 Å². The zero-order valence-corrected chi connectivity index (χ0v) is 18.1. The van der Waals surface area contributed by atoms with Crippen molar-refractivity contribution in [2.75, 3.05) is 24.5 Å². The molecule has 168 valence electrons. The monoisotopic (exact) mass is 444 g/mol. The highest BCUT2D eigenvalue weighted by atomic mass is 16.4. The molecule has 2 N–H and O–H groups in total. The number of amides is 1. The standard InChI is InChI=1S/C24H24N6O3/c25-15-19-24(33-23(29-19)20-7-4-14-32-20)30-12-9-16(10-13-30)22(31)26-11-3-8-21-27-17-5-1-2-6-18(17)28-21/h1-2,4-7,14,16H,3,8-13H2,(H,26,31)(H,27,28). The number of aromatic nitrogens is 3. The Labute approximate surface area is 190 Å². The largest absolute Gasteiger partial charge is 0.459 e. The van der Waals surface area contributed by atoms with Crippen molar-refractivity contribution < 1.29 is 13.6 Å². The second-order valence-electron chi connectivity index (χ2n) is 8.12. The Morgan fingerprint density at radius 2 is 2.06 bits per heavy atom. The zero-order valence-electron chi connectivity index (χ0n) is 18.1. The van der Waals surface area contributed by atoms with Crippen LogP contribution in [0.2, 0.25) is 0 Å². The molecule has 0 unspecified atom stereocenters. The van der Waals surface area contributed by atoms with Gasteiger partial charge in [-0.2, -0.15) is 10.2 Å². The van der Waals surface area contributed by atoms with E-state index in [1.54, 1.807) is 12.1 Å². The number of nitrogens with one attached hydrogen (secondary N) is 2. The number of rotatable bonds is 7. The first-order valence-electron chi connectivity index (χ1n) is 11.1. The van der Waals surface area contributed by atoms with Gasteiger partial charge in [-0.25, -0.2) is 4.98 Å². The van der Waals surface area contributed by atoms with E-state index in [0.717, 1.165) is 29.7 Å². The van der Waals surface area contributed by atoms with E-state index in [1.165, 1.54) is 6.26 Å². The van der Waals surface area contributed by atoms with Crippen LogP contribution in [-0.4, -0.2) is 40.5 Å². The number of aromatic amines is 1. The van der Waals surface area contributed by atoms with Crippen LogP contribution in [0.3, 0.4) is 0 Å². The van der Waals surface area contributed by atoms with E-state index >= 15 is 0 Å². The Morgan fingerprint density at radius 3 is 2.82 bits per heavy atom. The van der Waals surface area contributed by atoms with Crippen molar-refractivity contribution >= 4 is 22.8 Å². The number of carbonyl (C=O) groups excluding carboxylic acids is 1. The molecule has 0 aliphatic carbocycles. The van der Waals surface area contributed by atoms with Crippen LogP contribution < -0.4 is 10.2 Å². The Hall–Kier alpha value is -4.06. The van der Waals surface area contributed by atoms with Crippen LogP contribution in [0, 0.1) is 17.2 Å². The maximum Gasteiger partial charge on any atom is 0.266 e. The smallest absolute Gasteiger partial charge is 0.266 e. The maximum absolute atomic E-state index is 12.6. The molecular weight excluding hydrogens is 420 g/mol. The number of anilines is 1. The van der Waals surface area contributed by atoms with Gasteiger partial charge in [0.2, 0.25) is 17.5 Å². The number of oxazole rings is 1. The third kappa shape index (κ3) is 4.46. The number of nitriles is 1. The molecule has 1 saturated heterocycles. The van der Waals surface area contributed by atoms with Gasteiger partial charge in [0.15, 0.2) is 5.76 Å². The van der Waals surface area contributed by atoms with Gasteiger partial charge in [-0.05, 0) is 43.5 Å². The first-order chi connectivity index (χ1) is 16.2. The third-order valence-corrected chi connectivity index (χ3v) is 5.93. The number of piperidine rings is 1. The minimum Gasteiger partial charge on any atom is -0.459 e. The molecule has 0 spiro atoms. The lowest BCUT2D eigenvalue weighted by atomic mass is 9.96. The lowest BCUT2D eigenvalue weighted by Crippen LogP contribution is -2.41. The van der Waals surface area contributed by atoms with Gasteiger partial charge in [-0.15, -0.1) is 0 Å². The van der Waals surface area contributed by atoms with Crippen LogP contribution in [0.1, 0.15) is 30.8 Å². The van der Waals surface area contributed by atoms with Crippen LogP contribution in [0.25, 0.3) is 22.7 Å². The number of fused-ring (bicyclic) bond motifs is 1. The number of aryl methyl sites for hydroxylation is 1. The number of para-hydroxylation sites is 2. The summed E-state index contributed by atoms with van der Waals surface area (Å²) in [6.07, 6.45) is 4.53. The van der Waals surface area contributed by atoms with Gasteiger partial charge in [0, 0.05) is 32.0 Å². The summed E-state index contributed by atoms with van der Waals surface area (Å²) in [6.45, 7) is 1.86. The number of hydrogen-bond donors (Lipinski definition) is 2. The molecule has 1 aliphatic rings. The summed E-state index contributed by atoms with van der Waals surface area (Å²) >= 11 is 0. The van der Waals surface area contributed by atoms with E-state index < -0.39 is 0 Å². The fourth-order valence-electron chi connectivity index (χ4n) is 4.19. The topological polar surface area (TPSA) is 124 Å². The molecule has 9 nitrogen and oxygen atoms in total. The normalized spacial score (nSPS) is 14.5. The average Bonchev–Trinajstić information content (AvgIpc) is 3.60. The van der Waals surface area contributed by atoms with Crippen LogP contribution in [-0.2, 0) is 11.2 Å². The maximum atomic E-state index is 12.6. The minimum absolute atomic E-state index is 0.0505. The van der Waals surface area contributed by atoms with Crippen molar-refractivity contribution in [1.29, 1.82) is 5.26 Å². The molecule has 9 heteroatoms. The Balaban J connectivity index is 1.10. The highest BCUT2D eigenvalue weighted by Gasteiger charge is 2.29. The quantitative estimate of drug-likeness (QED) is 0.417. The van der Waals surface area contributed by atoms with Gasteiger partial charge < -0.3 is 24.0 Å². The Bertz CT molecular complexity index is 1240. The lowest BCUT2D eigenvalue weighted by Gasteiger charge is -2.30. The summed E-state index contributed by atoms with van der Waals surface area (Å²) in [5.74, 6) is 2.17. The van der Waals surface area contributed by atoms with Gasteiger partial charge in [0.25, 0.3) is 5.89 Å². The van der Waals surface area contributed by atoms with Crippen molar-refractivity contribution in [1.82, 2.24) is 20.3 Å². The van der Waals surface area contributed by atoms with Crippen molar-refractivity contribution in [3.63, 3.8) is 0 Å². The summed E-state index contributed by atoms with van der Waals surface area (Å²) in [6, 6.07) is 13.5. The third-order valence-electron chi connectivity index (χ3n) is 5.93. The first kappa shape index (κ1) is 20.8. The number of carbonyl (C=O) groups is 1. The van der Waals surface area contributed by atoms with E-state index in [2.05, 4.69) is 26.3 Å². The number of nitrogens with zero attached hydrogens (tertiary/aromatic N) is 4. The molecule has 1 aromatic carbocycles. The fourth-order valence-corrected chi connectivity index (χ4v) is 4.19.